The van der Waals surface area contributed by atoms with Gasteiger partial charge < -0.3 is 5.11 Å². The number of nitrogens with zero attached hydrogens (tertiary/aromatic N) is 3. The zero-order valence-corrected chi connectivity index (χ0v) is 8.40. The second-order valence-corrected chi connectivity index (χ2v) is 3.24. The van der Waals surface area contributed by atoms with Crippen LogP contribution in [0.4, 0.5) is 13.2 Å². The Labute approximate surface area is 88.9 Å². The minimum atomic E-state index is -4.69. The van der Waals surface area contributed by atoms with E-state index in [-0.39, 0.29) is 19.3 Å². The highest BCUT2D eigenvalue weighted by Gasteiger charge is 2.40. The van der Waals surface area contributed by atoms with Crippen LogP contribution in [0.15, 0.2) is 0 Å². The molecule has 0 amide bonds. The lowest BCUT2D eigenvalue weighted by Crippen LogP contribution is -2.20. The maximum Gasteiger partial charge on any atom is 0.435 e. The van der Waals surface area contributed by atoms with Gasteiger partial charge in [-0.25, -0.2) is 4.68 Å². The van der Waals surface area contributed by atoms with E-state index in [1.165, 1.54) is 6.92 Å². The molecule has 0 bridgehead atoms. The van der Waals surface area contributed by atoms with Crippen molar-refractivity contribution in [3.05, 3.63) is 11.4 Å². The molecule has 1 atom stereocenters. The summed E-state index contributed by atoms with van der Waals surface area (Å²) in [5.74, 6) is 0. The quantitative estimate of drug-likeness (QED) is 0.795. The Morgan fingerprint density at radius 3 is 2.62 bits per heavy atom. The molecule has 1 rings (SSSR count). The lowest BCUT2D eigenvalue weighted by Gasteiger charge is -2.15. The molecule has 0 fully saturated rings. The Bertz CT molecular complexity index is 375. The number of aliphatic hydroxyl groups is 1. The number of hydrogen-bond acceptors (Lipinski definition) is 4. The van der Waals surface area contributed by atoms with Gasteiger partial charge in [-0.3, -0.25) is 4.79 Å². The van der Waals surface area contributed by atoms with Gasteiger partial charge in [-0.1, -0.05) is 5.21 Å². The van der Waals surface area contributed by atoms with Gasteiger partial charge >= 0.3 is 6.18 Å². The van der Waals surface area contributed by atoms with E-state index in [0.29, 0.717) is 4.68 Å². The molecule has 0 aliphatic rings. The fourth-order valence-corrected chi connectivity index (χ4v) is 1.28. The number of rotatable bonds is 4. The summed E-state index contributed by atoms with van der Waals surface area (Å²) in [6.45, 7) is 1.18. The predicted molar refractivity (Wildman–Crippen MR) is 46.8 cm³/mol. The molecule has 1 N–H and O–H groups in total. The molecule has 90 valence electrons. The highest BCUT2D eigenvalue weighted by atomic mass is 19.4. The van der Waals surface area contributed by atoms with E-state index in [2.05, 4.69) is 10.3 Å². The molecule has 0 saturated heterocycles. The van der Waals surface area contributed by atoms with E-state index in [9.17, 15) is 18.0 Å². The summed E-state index contributed by atoms with van der Waals surface area (Å²) in [5, 5.41) is 15.1. The molecule has 1 aromatic heterocycles. The first-order chi connectivity index (χ1) is 7.41. The summed E-state index contributed by atoms with van der Waals surface area (Å²) >= 11 is 0. The highest BCUT2D eigenvalue weighted by Crippen LogP contribution is 2.32. The lowest BCUT2D eigenvalue weighted by molar-refractivity contribution is -0.145. The third kappa shape index (κ3) is 2.38. The molecule has 0 saturated carbocycles. The number of aldehydes is 1. The second-order valence-electron chi connectivity index (χ2n) is 3.24. The van der Waals surface area contributed by atoms with Crippen LogP contribution in [0.3, 0.4) is 0 Å². The number of aliphatic hydroxyl groups excluding tert-OH is 1. The topological polar surface area (TPSA) is 68.0 Å². The van der Waals surface area contributed by atoms with E-state index < -0.39 is 23.6 Å². The SMILES string of the molecule is CC(CCO)n1nnc(C=O)c1C(F)(F)F. The van der Waals surface area contributed by atoms with Crippen molar-refractivity contribution in [3.8, 4) is 0 Å². The maximum absolute atomic E-state index is 12.6. The van der Waals surface area contributed by atoms with Crippen molar-refractivity contribution >= 4 is 6.29 Å². The van der Waals surface area contributed by atoms with Crippen LogP contribution in [0, 0.1) is 0 Å². The van der Waals surface area contributed by atoms with Gasteiger partial charge in [0.25, 0.3) is 0 Å². The summed E-state index contributed by atoms with van der Waals surface area (Å²) in [7, 11) is 0. The maximum atomic E-state index is 12.6. The second kappa shape index (κ2) is 4.60. The van der Waals surface area contributed by atoms with Crippen LogP contribution in [0.1, 0.15) is 35.6 Å². The number of carbonyl (C=O) groups is 1. The van der Waals surface area contributed by atoms with E-state index in [0.717, 1.165) is 0 Å². The van der Waals surface area contributed by atoms with E-state index in [4.69, 9.17) is 5.11 Å². The van der Waals surface area contributed by atoms with Crippen LogP contribution < -0.4 is 0 Å². The van der Waals surface area contributed by atoms with Crippen LogP contribution in [0.25, 0.3) is 0 Å². The number of halogens is 3. The molecule has 1 heterocycles. The fraction of sp³-hybridized carbons (Fsp3) is 0.625. The van der Waals surface area contributed by atoms with E-state index >= 15 is 0 Å². The van der Waals surface area contributed by atoms with Crippen molar-refractivity contribution in [2.24, 2.45) is 0 Å². The Hall–Kier alpha value is -1.44. The van der Waals surface area contributed by atoms with E-state index in [1.807, 2.05) is 0 Å². The van der Waals surface area contributed by atoms with Gasteiger partial charge in [-0.2, -0.15) is 13.2 Å². The molecule has 1 unspecified atom stereocenters. The molecule has 8 heteroatoms. The molecule has 0 aliphatic heterocycles. The largest absolute Gasteiger partial charge is 0.435 e. The first kappa shape index (κ1) is 12.6. The summed E-state index contributed by atoms with van der Waals surface area (Å²) in [6, 6.07) is -0.678. The van der Waals surface area contributed by atoms with Crippen LogP contribution >= 0.6 is 0 Å². The Morgan fingerprint density at radius 2 is 2.19 bits per heavy atom. The zero-order chi connectivity index (χ0) is 12.3. The van der Waals surface area contributed by atoms with Crippen molar-refractivity contribution in [2.45, 2.75) is 25.6 Å². The van der Waals surface area contributed by atoms with Crippen molar-refractivity contribution < 1.29 is 23.1 Å². The van der Waals surface area contributed by atoms with Gasteiger partial charge in [0.15, 0.2) is 17.7 Å². The van der Waals surface area contributed by atoms with Crippen molar-refractivity contribution in [2.75, 3.05) is 6.61 Å². The molecule has 0 aromatic carbocycles. The number of alkyl halides is 3. The molecule has 5 nitrogen and oxygen atoms in total. The van der Waals surface area contributed by atoms with E-state index in [1.54, 1.807) is 0 Å². The highest BCUT2D eigenvalue weighted by molar-refractivity contribution is 5.73. The average Bonchev–Trinajstić information content (AvgIpc) is 2.60. The lowest BCUT2D eigenvalue weighted by atomic mass is 10.2. The predicted octanol–water partition coefficient (Wildman–Crippen LogP) is 1.05. The number of carbonyl (C=O) groups excluding carboxylic acids is 1. The molecule has 0 aliphatic carbocycles. The van der Waals surface area contributed by atoms with Crippen molar-refractivity contribution in [1.29, 1.82) is 0 Å². The fourth-order valence-electron chi connectivity index (χ4n) is 1.28. The standard InChI is InChI=1S/C8H10F3N3O2/c1-5(2-3-15)14-7(8(9,10)11)6(4-16)12-13-14/h4-5,15H,2-3H2,1H3. The summed E-state index contributed by atoms with van der Waals surface area (Å²) in [4.78, 5) is 10.4. The Balaban J connectivity index is 3.20. The summed E-state index contributed by atoms with van der Waals surface area (Å²) in [6.07, 6.45) is -4.58. The van der Waals surface area contributed by atoms with Gasteiger partial charge in [0.2, 0.25) is 0 Å². The van der Waals surface area contributed by atoms with Crippen molar-refractivity contribution in [1.82, 2.24) is 15.0 Å². The van der Waals surface area contributed by atoms with Gasteiger partial charge in [0.1, 0.15) is 0 Å². The normalized spacial score (nSPS) is 13.8. The van der Waals surface area contributed by atoms with Crippen LogP contribution in [-0.4, -0.2) is 33.0 Å². The molecular formula is C8H10F3N3O2. The zero-order valence-electron chi connectivity index (χ0n) is 8.40. The molecule has 0 spiro atoms. The first-order valence-corrected chi connectivity index (χ1v) is 4.50. The van der Waals surface area contributed by atoms with Crippen LogP contribution in [0.5, 0.6) is 0 Å². The Kier molecular flexibility index (Phi) is 3.63. The third-order valence-electron chi connectivity index (χ3n) is 2.07. The Morgan fingerprint density at radius 1 is 1.56 bits per heavy atom. The molecule has 1 aromatic rings. The molecule has 16 heavy (non-hydrogen) atoms. The van der Waals surface area contributed by atoms with Gasteiger partial charge in [-0.15, -0.1) is 5.10 Å². The summed E-state index contributed by atoms with van der Waals surface area (Å²) in [5.41, 5.74) is -1.92. The average molecular weight is 237 g/mol. The molecular weight excluding hydrogens is 227 g/mol. The van der Waals surface area contributed by atoms with Crippen molar-refractivity contribution in [3.63, 3.8) is 0 Å². The van der Waals surface area contributed by atoms with Crippen LogP contribution in [0.2, 0.25) is 0 Å². The van der Waals surface area contributed by atoms with Gasteiger partial charge in [0.05, 0.1) is 6.04 Å². The summed E-state index contributed by atoms with van der Waals surface area (Å²) < 4.78 is 38.4. The van der Waals surface area contributed by atoms with Gasteiger partial charge in [-0.05, 0) is 13.3 Å². The number of hydrogen-bond donors (Lipinski definition) is 1. The monoisotopic (exact) mass is 237 g/mol. The van der Waals surface area contributed by atoms with Gasteiger partial charge in [0, 0.05) is 6.61 Å². The third-order valence-corrected chi connectivity index (χ3v) is 2.07. The molecule has 0 radical (unpaired) electrons. The first-order valence-electron chi connectivity index (χ1n) is 4.50. The minimum absolute atomic E-state index is 0.0119. The minimum Gasteiger partial charge on any atom is -0.396 e. The van der Waals surface area contributed by atoms with Crippen LogP contribution in [-0.2, 0) is 6.18 Å². The smallest absolute Gasteiger partial charge is 0.396 e. The number of aromatic nitrogens is 3.